The first kappa shape index (κ1) is 25.1. The molecule has 4 rings (SSSR count). The van der Waals surface area contributed by atoms with E-state index in [9.17, 15) is 4.79 Å². The summed E-state index contributed by atoms with van der Waals surface area (Å²) in [5, 5.41) is 7.82. The molecule has 0 saturated heterocycles. The Labute approximate surface area is 211 Å². The van der Waals surface area contributed by atoms with Gasteiger partial charge in [-0.25, -0.2) is 14.5 Å². The number of fused-ring (bicyclic) bond motifs is 1. The van der Waals surface area contributed by atoms with Gasteiger partial charge in [-0.15, -0.1) is 0 Å². The molecule has 2 heterocycles. The summed E-state index contributed by atoms with van der Waals surface area (Å²) < 4.78 is 15.2. The van der Waals surface area contributed by atoms with Crippen molar-refractivity contribution in [3.63, 3.8) is 0 Å². The topological polar surface area (TPSA) is 109 Å². The Morgan fingerprint density at radius 3 is 2.61 bits per heavy atom. The number of hydrogen-bond acceptors (Lipinski definition) is 6. The van der Waals surface area contributed by atoms with Gasteiger partial charge >= 0.3 is 6.09 Å². The van der Waals surface area contributed by atoms with Crippen molar-refractivity contribution < 1.29 is 14.3 Å². The van der Waals surface area contributed by atoms with Crippen LogP contribution in [0.25, 0.3) is 22.2 Å². The summed E-state index contributed by atoms with van der Waals surface area (Å²) in [4.78, 5) is 15.9. The highest BCUT2D eigenvalue weighted by Crippen LogP contribution is 2.38. The number of unbranched alkanes of at least 4 members (excludes halogenated alkanes) is 2. The van der Waals surface area contributed by atoms with Gasteiger partial charge in [0.05, 0.1) is 29.5 Å². The molecule has 0 aliphatic rings. The third-order valence-corrected chi connectivity index (χ3v) is 5.86. The molecule has 9 nitrogen and oxygen atoms in total. The zero-order valence-corrected chi connectivity index (χ0v) is 21.1. The molecule has 0 saturated carbocycles. The second kappa shape index (κ2) is 11.6. The van der Waals surface area contributed by atoms with E-state index in [0.29, 0.717) is 24.5 Å². The molecule has 0 atom stereocenters. The van der Waals surface area contributed by atoms with Gasteiger partial charge in [0, 0.05) is 23.2 Å². The standard InChI is InChI=1S/C27H34N6O3/c1-4-5-6-13-33-24-12-11-22(35-15-14-32-18-29-17-30-32)16-23(24)25(28)26(33)20-7-9-21(10-8-20)31-27(34)36-19(2)3/h7-12,16-19H,4-6,13-15,28H2,1-3H3,(H,31,34). The number of aryl methyl sites for hydroxylation is 1. The van der Waals surface area contributed by atoms with E-state index in [1.165, 1.54) is 6.33 Å². The number of ether oxygens (including phenoxy) is 2. The smallest absolute Gasteiger partial charge is 0.411 e. The fourth-order valence-electron chi connectivity index (χ4n) is 4.19. The van der Waals surface area contributed by atoms with Crippen molar-refractivity contribution in [3.05, 3.63) is 55.1 Å². The minimum atomic E-state index is -0.470. The summed E-state index contributed by atoms with van der Waals surface area (Å²) in [6.45, 7) is 7.78. The van der Waals surface area contributed by atoms with Gasteiger partial charge in [0.2, 0.25) is 0 Å². The van der Waals surface area contributed by atoms with Crippen molar-refractivity contribution in [1.82, 2.24) is 19.3 Å². The van der Waals surface area contributed by atoms with Crippen LogP contribution < -0.4 is 15.8 Å². The first-order valence-corrected chi connectivity index (χ1v) is 12.4. The van der Waals surface area contributed by atoms with E-state index < -0.39 is 6.09 Å². The number of carbonyl (C=O) groups is 1. The van der Waals surface area contributed by atoms with E-state index in [2.05, 4.69) is 33.0 Å². The highest BCUT2D eigenvalue weighted by atomic mass is 16.6. The molecule has 36 heavy (non-hydrogen) atoms. The average Bonchev–Trinajstić information content (AvgIpc) is 3.46. The molecule has 1 amide bonds. The molecular formula is C27H34N6O3. The number of aromatic nitrogens is 4. The van der Waals surface area contributed by atoms with Crippen LogP contribution in [0.1, 0.15) is 40.0 Å². The molecule has 0 fully saturated rings. The fraction of sp³-hybridized carbons (Fsp3) is 0.370. The van der Waals surface area contributed by atoms with E-state index in [4.69, 9.17) is 15.2 Å². The number of nitrogens with one attached hydrogen (secondary N) is 1. The normalized spacial score (nSPS) is 11.2. The van der Waals surface area contributed by atoms with Gasteiger partial charge in [-0.1, -0.05) is 31.9 Å². The molecule has 0 aliphatic carbocycles. The summed E-state index contributed by atoms with van der Waals surface area (Å²) >= 11 is 0. The summed E-state index contributed by atoms with van der Waals surface area (Å²) in [6, 6.07) is 13.7. The van der Waals surface area contributed by atoms with Gasteiger partial charge in [-0.3, -0.25) is 5.32 Å². The van der Waals surface area contributed by atoms with E-state index >= 15 is 0 Å². The molecule has 4 aromatic rings. The second-order valence-corrected chi connectivity index (χ2v) is 8.96. The first-order chi connectivity index (χ1) is 17.5. The van der Waals surface area contributed by atoms with Crippen molar-refractivity contribution >= 4 is 28.4 Å². The summed E-state index contributed by atoms with van der Waals surface area (Å²) in [5.41, 5.74) is 11.1. The van der Waals surface area contributed by atoms with Gasteiger partial charge < -0.3 is 19.8 Å². The number of hydrogen-bond donors (Lipinski definition) is 2. The number of carbonyl (C=O) groups excluding carboxylic acids is 1. The number of rotatable bonds is 11. The van der Waals surface area contributed by atoms with E-state index in [1.807, 2.05) is 50.2 Å². The van der Waals surface area contributed by atoms with Crippen LogP contribution in [-0.2, 0) is 17.8 Å². The second-order valence-electron chi connectivity index (χ2n) is 8.96. The van der Waals surface area contributed by atoms with Gasteiger partial charge in [-0.05, 0) is 50.6 Å². The van der Waals surface area contributed by atoms with E-state index in [0.717, 1.165) is 53.7 Å². The third-order valence-electron chi connectivity index (χ3n) is 5.86. The van der Waals surface area contributed by atoms with Crippen LogP contribution in [-0.4, -0.2) is 38.1 Å². The molecular weight excluding hydrogens is 456 g/mol. The lowest BCUT2D eigenvalue weighted by Crippen LogP contribution is -2.17. The monoisotopic (exact) mass is 490 g/mol. The van der Waals surface area contributed by atoms with Gasteiger partial charge in [0.1, 0.15) is 25.0 Å². The molecule has 190 valence electrons. The predicted octanol–water partition coefficient (Wildman–Crippen LogP) is 5.71. The molecule has 0 aliphatic heterocycles. The minimum absolute atomic E-state index is 0.181. The molecule has 0 spiro atoms. The number of amides is 1. The number of nitrogens with two attached hydrogens (primary N) is 1. The van der Waals surface area contributed by atoms with E-state index in [1.54, 1.807) is 11.0 Å². The van der Waals surface area contributed by atoms with Crippen molar-refractivity contribution in [2.45, 2.75) is 59.2 Å². The van der Waals surface area contributed by atoms with Crippen LogP contribution in [0, 0.1) is 0 Å². The molecule has 2 aromatic carbocycles. The van der Waals surface area contributed by atoms with Gasteiger partial charge in [0.15, 0.2) is 0 Å². The maximum Gasteiger partial charge on any atom is 0.411 e. The van der Waals surface area contributed by atoms with Crippen molar-refractivity contribution in [2.24, 2.45) is 0 Å². The number of benzene rings is 2. The lowest BCUT2D eigenvalue weighted by atomic mass is 10.1. The number of nitrogen functional groups attached to an aromatic ring is 1. The van der Waals surface area contributed by atoms with Crippen LogP contribution in [0.5, 0.6) is 5.75 Å². The lowest BCUT2D eigenvalue weighted by molar-refractivity contribution is 0.130. The van der Waals surface area contributed by atoms with Crippen molar-refractivity contribution in [2.75, 3.05) is 17.7 Å². The summed E-state index contributed by atoms with van der Waals surface area (Å²) in [7, 11) is 0. The van der Waals surface area contributed by atoms with Crippen LogP contribution in [0.15, 0.2) is 55.1 Å². The van der Waals surface area contributed by atoms with Crippen LogP contribution in [0.2, 0.25) is 0 Å². The highest BCUT2D eigenvalue weighted by Gasteiger charge is 2.18. The molecule has 9 heteroatoms. The SMILES string of the molecule is CCCCCn1c(-c2ccc(NC(=O)OC(C)C)cc2)c(N)c2cc(OCCn3cncn3)ccc21. The molecule has 2 aromatic heterocycles. The molecule has 0 radical (unpaired) electrons. The van der Waals surface area contributed by atoms with Gasteiger partial charge in [-0.2, -0.15) is 5.10 Å². The Hall–Kier alpha value is -4.01. The van der Waals surface area contributed by atoms with Crippen LogP contribution >= 0.6 is 0 Å². The highest BCUT2D eigenvalue weighted by molar-refractivity contribution is 6.01. The number of anilines is 2. The zero-order valence-electron chi connectivity index (χ0n) is 21.1. The quantitative estimate of drug-likeness (QED) is 0.261. The maximum atomic E-state index is 11.9. The Bertz CT molecular complexity index is 1280. The van der Waals surface area contributed by atoms with Crippen LogP contribution in [0.4, 0.5) is 16.2 Å². The first-order valence-electron chi connectivity index (χ1n) is 12.4. The minimum Gasteiger partial charge on any atom is -0.492 e. The average molecular weight is 491 g/mol. The molecule has 0 unspecified atom stereocenters. The Morgan fingerprint density at radius 1 is 1.11 bits per heavy atom. The Kier molecular flexibility index (Phi) is 8.10. The third kappa shape index (κ3) is 5.97. The maximum absolute atomic E-state index is 11.9. The van der Waals surface area contributed by atoms with Crippen LogP contribution in [0.3, 0.4) is 0 Å². The number of nitrogens with zero attached hydrogens (tertiary/aromatic N) is 4. The lowest BCUT2D eigenvalue weighted by Gasteiger charge is -2.13. The summed E-state index contributed by atoms with van der Waals surface area (Å²) in [5.74, 6) is 0.759. The van der Waals surface area contributed by atoms with Crippen molar-refractivity contribution in [3.8, 4) is 17.0 Å². The van der Waals surface area contributed by atoms with Gasteiger partial charge in [0.25, 0.3) is 0 Å². The fourth-order valence-corrected chi connectivity index (χ4v) is 4.19. The van der Waals surface area contributed by atoms with Crippen molar-refractivity contribution in [1.29, 1.82) is 0 Å². The summed E-state index contributed by atoms with van der Waals surface area (Å²) in [6.07, 6.45) is 5.87. The molecule has 0 bridgehead atoms. The zero-order chi connectivity index (χ0) is 25.5. The Balaban J connectivity index is 1.60. The van der Waals surface area contributed by atoms with E-state index in [-0.39, 0.29) is 6.10 Å². The molecule has 3 N–H and O–H groups in total. The largest absolute Gasteiger partial charge is 0.492 e. The Morgan fingerprint density at radius 2 is 1.92 bits per heavy atom. The predicted molar refractivity (Wildman–Crippen MR) is 142 cm³/mol.